The first-order chi connectivity index (χ1) is 9.24. The summed E-state index contributed by atoms with van der Waals surface area (Å²) in [5.74, 6) is 0.753. The highest BCUT2D eigenvalue weighted by atomic mass is 16.5. The van der Waals surface area contributed by atoms with Crippen molar-refractivity contribution in [1.82, 2.24) is 20.3 Å². The van der Waals surface area contributed by atoms with Gasteiger partial charge in [-0.2, -0.15) is 0 Å². The lowest BCUT2D eigenvalue weighted by molar-refractivity contribution is 0.301. The van der Waals surface area contributed by atoms with Crippen molar-refractivity contribution in [1.29, 1.82) is 5.41 Å². The van der Waals surface area contributed by atoms with Crippen molar-refractivity contribution in [3.05, 3.63) is 42.2 Å². The topological polar surface area (TPSA) is 102 Å². The molecule has 0 unspecified atom stereocenters. The molecule has 4 N–H and O–H groups in total. The number of aromatic nitrogens is 3. The molecule has 1 aromatic heterocycles. The lowest BCUT2D eigenvalue weighted by Crippen LogP contribution is -2.32. The molecular weight excluding hydrogens is 244 g/mol. The van der Waals surface area contributed by atoms with E-state index >= 15 is 0 Å². The minimum absolute atomic E-state index is 0.0484. The Bertz CT molecular complexity index is 524. The molecule has 7 nitrogen and oxygen atoms in total. The molecule has 0 spiro atoms. The SMILES string of the molecule is N=C(N)NCCn1cc(COc2ccccc2)nn1. The van der Waals surface area contributed by atoms with Crippen LogP contribution < -0.4 is 15.8 Å². The maximum atomic E-state index is 7.03. The Morgan fingerprint density at radius 3 is 2.89 bits per heavy atom. The van der Waals surface area contributed by atoms with Crippen LogP contribution in [0.15, 0.2) is 36.5 Å². The van der Waals surface area contributed by atoms with E-state index in [-0.39, 0.29) is 5.96 Å². The van der Waals surface area contributed by atoms with Gasteiger partial charge in [0.15, 0.2) is 5.96 Å². The maximum absolute atomic E-state index is 7.03. The molecule has 0 aliphatic rings. The smallest absolute Gasteiger partial charge is 0.185 e. The fourth-order valence-corrected chi connectivity index (χ4v) is 1.49. The number of hydrogen-bond acceptors (Lipinski definition) is 4. The Kier molecular flexibility index (Phi) is 4.33. The summed E-state index contributed by atoms with van der Waals surface area (Å²) in [6.45, 7) is 1.51. The van der Waals surface area contributed by atoms with Crippen LogP contribution >= 0.6 is 0 Å². The standard InChI is InChI=1S/C12H16N6O/c13-12(14)15-6-7-18-8-10(16-17-18)9-19-11-4-2-1-3-5-11/h1-5,8H,6-7,9H2,(H4,13,14,15). The van der Waals surface area contributed by atoms with Gasteiger partial charge in [0.05, 0.1) is 12.7 Å². The van der Waals surface area contributed by atoms with E-state index in [9.17, 15) is 0 Å². The van der Waals surface area contributed by atoms with Crippen molar-refractivity contribution < 1.29 is 4.74 Å². The van der Waals surface area contributed by atoms with Crippen LogP contribution in [-0.2, 0) is 13.2 Å². The third-order valence-corrected chi connectivity index (χ3v) is 2.37. The van der Waals surface area contributed by atoms with Crippen LogP contribution in [0.3, 0.4) is 0 Å². The van der Waals surface area contributed by atoms with E-state index in [0.29, 0.717) is 19.7 Å². The van der Waals surface area contributed by atoms with Crippen molar-refractivity contribution >= 4 is 5.96 Å². The number of benzene rings is 1. The van der Waals surface area contributed by atoms with E-state index in [1.54, 1.807) is 4.68 Å². The van der Waals surface area contributed by atoms with Crippen molar-refractivity contribution in [3.8, 4) is 5.75 Å². The Morgan fingerprint density at radius 1 is 1.37 bits per heavy atom. The van der Waals surface area contributed by atoms with Gasteiger partial charge in [0, 0.05) is 6.54 Å². The average molecular weight is 260 g/mol. The maximum Gasteiger partial charge on any atom is 0.185 e. The van der Waals surface area contributed by atoms with Crippen LogP contribution in [0.1, 0.15) is 5.69 Å². The number of nitrogens with zero attached hydrogens (tertiary/aromatic N) is 3. The van der Waals surface area contributed by atoms with Crippen molar-refractivity contribution in [3.63, 3.8) is 0 Å². The summed E-state index contributed by atoms with van der Waals surface area (Å²) < 4.78 is 7.24. The fourth-order valence-electron chi connectivity index (χ4n) is 1.49. The summed E-state index contributed by atoms with van der Waals surface area (Å²) in [4.78, 5) is 0. The molecule has 2 aromatic rings. The van der Waals surface area contributed by atoms with E-state index in [4.69, 9.17) is 15.9 Å². The second-order valence-electron chi connectivity index (χ2n) is 3.92. The summed E-state index contributed by atoms with van der Waals surface area (Å²) in [5.41, 5.74) is 5.94. The Labute approximate surface area is 110 Å². The van der Waals surface area contributed by atoms with E-state index < -0.39 is 0 Å². The number of rotatable bonds is 6. The molecular formula is C12H16N6O. The number of ether oxygens (including phenoxy) is 1. The van der Waals surface area contributed by atoms with Gasteiger partial charge in [-0.15, -0.1) is 5.10 Å². The highest BCUT2D eigenvalue weighted by molar-refractivity contribution is 5.74. The third kappa shape index (κ3) is 4.30. The van der Waals surface area contributed by atoms with Gasteiger partial charge in [0.25, 0.3) is 0 Å². The van der Waals surface area contributed by atoms with Crippen molar-refractivity contribution in [2.75, 3.05) is 6.54 Å². The zero-order valence-electron chi connectivity index (χ0n) is 10.4. The Morgan fingerprint density at radius 2 is 2.16 bits per heavy atom. The van der Waals surface area contributed by atoms with Crippen LogP contribution in [0.5, 0.6) is 5.75 Å². The molecule has 100 valence electrons. The predicted octanol–water partition coefficient (Wildman–Crippen LogP) is 0.340. The Balaban J connectivity index is 1.79. The molecule has 0 aliphatic heterocycles. The highest BCUT2D eigenvalue weighted by Gasteiger charge is 2.01. The van der Waals surface area contributed by atoms with Gasteiger partial charge < -0.3 is 15.8 Å². The predicted molar refractivity (Wildman–Crippen MR) is 70.7 cm³/mol. The van der Waals surface area contributed by atoms with Gasteiger partial charge in [0.1, 0.15) is 18.1 Å². The van der Waals surface area contributed by atoms with Crippen LogP contribution in [0, 0.1) is 5.41 Å². The number of guanidine groups is 1. The van der Waals surface area contributed by atoms with E-state index in [1.165, 1.54) is 0 Å². The van der Waals surface area contributed by atoms with E-state index in [1.807, 2.05) is 36.5 Å². The second-order valence-corrected chi connectivity index (χ2v) is 3.92. The van der Waals surface area contributed by atoms with Crippen LogP contribution in [-0.4, -0.2) is 27.5 Å². The second kappa shape index (κ2) is 6.39. The summed E-state index contributed by atoms with van der Waals surface area (Å²) in [5, 5.41) is 17.7. The molecule has 0 bridgehead atoms. The van der Waals surface area contributed by atoms with E-state index in [2.05, 4.69) is 15.6 Å². The largest absolute Gasteiger partial charge is 0.487 e. The van der Waals surface area contributed by atoms with Gasteiger partial charge in [-0.25, -0.2) is 0 Å². The monoisotopic (exact) mass is 260 g/mol. The molecule has 0 amide bonds. The quantitative estimate of drug-likeness (QED) is 0.513. The zero-order chi connectivity index (χ0) is 13.5. The summed E-state index contributed by atoms with van der Waals surface area (Å²) in [7, 11) is 0. The number of nitrogens with one attached hydrogen (secondary N) is 2. The third-order valence-electron chi connectivity index (χ3n) is 2.37. The van der Waals surface area contributed by atoms with E-state index in [0.717, 1.165) is 11.4 Å². The summed E-state index contributed by atoms with van der Waals surface area (Å²) in [6, 6.07) is 9.55. The molecule has 0 aliphatic carbocycles. The number of nitrogens with two attached hydrogens (primary N) is 1. The summed E-state index contributed by atoms with van der Waals surface area (Å²) >= 11 is 0. The van der Waals surface area contributed by atoms with Gasteiger partial charge in [-0.1, -0.05) is 23.4 Å². The lowest BCUT2D eigenvalue weighted by atomic mass is 10.3. The van der Waals surface area contributed by atoms with Gasteiger partial charge in [0.2, 0.25) is 0 Å². The van der Waals surface area contributed by atoms with Gasteiger partial charge in [-0.3, -0.25) is 10.1 Å². The molecule has 1 aromatic carbocycles. The minimum atomic E-state index is -0.0484. The number of hydrogen-bond donors (Lipinski definition) is 3. The first-order valence-electron chi connectivity index (χ1n) is 5.89. The first-order valence-corrected chi connectivity index (χ1v) is 5.89. The zero-order valence-corrected chi connectivity index (χ0v) is 10.4. The normalized spacial score (nSPS) is 10.1. The first kappa shape index (κ1) is 12.9. The van der Waals surface area contributed by atoms with Crippen LogP contribution in [0.2, 0.25) is 0 Å². The van der Waals surface area contributed by atoms with Crippen LogP contribution in [0.4, 0.5) is 0 Å². The Hall–Kier alpha value is -2.57. The molecule has 7 heteroatoms. The van der Waals surface area contributed by atoms with Gasteiger partial charge >= 0.3 is 0 Å². The minimum Gasteiger partial charge on any atom is -0.487 e. The van der Waals surface area contributed by atoms with Crippen LogP contribution in [0.25, 0.3) is 0 Å². The molecule has 0 saturated heterocycles. The fraction of sp³-hybridized carbons (Fsp3) is 0.250. The molecule has 0 radical (unpaired) electrons. The molecule has 0 atom stereocenters. The lowest BCUT2D eigenvalue weighted by Gasteiger charge is -2.03. The molecule has 0 fully saturated rings. The molecule has 1 heterocycles. The van der Waals surface area contributed by atoms with Gasteiger partial charge in [-0.05, 0) is 12.1 Å². The van der Waals surface area contributed by atoms with Crippen molar-refractivity contribution in [2.45, 2.75) is 13.2 Å². The molecule has 2 rings (SSSR count). The molecule has 19 heavy (non-hydrogen) atoms. The van der Waals surface area contributed by atoms with Crippen molar-refractivity contribution in [2.24, 2.45) is 5.73 Å². The highest BCUT2D eigenvalue weighted by Crippen LogP contribution is 2.10. The average Bonchev–Trinajstić information content (AvgIpc) is 2.85. The number of para-hydroxylation sites is 1. The summed E-state index contributed by atoms with van der Waals surface area (Å²) in [6.07, 6.45) is 1.81. The molecule has 0 saturated carbocycles.